The van der Waals surface area contributed by atoms with Crippen LogP contribution in [0.5, 0.6) is 0 Å². The molecule has 0 aliphatic heterocycles. The van der Waals surface area contributed by atoms with Gasteiger partial charge in [0.25, 0.3) is 5.91 Å². The summed E-state index contributed by atoms with van der Waals surface area (Å²) in [5.74, 6) is 0.0807. The Morgan fingerprint density at radius 2 is 2.31 bits per heavy atom. The lowest BCUT2D eigenvalue weighted by Crippen LogP contribution is -2.13. The van der Waals surface area contributed by atoms with E-state index in [1.165, 1.54) is 6.20 Å². The number of halogens is 1. The van der Waals surface area contributed by atoms with Crippen LogP contribution in [0.2, 0.25) is 5.02 Å². The van der Waals surface area contributed by atoms with E-state index in [1.54, 1.807) is 24.4 Å². The van der Waals surface area contributed by atoms with Gasteiger partial charge in [-0.25, -0.2) is 4.98 Å². The fourth-order valence-corrected chi connectivity index (χ4v) is 1.36. The molecule has 0 unspecified atom stereocenters. The molecule has 0 fully saturated rings. The zero-order valence-corrected chi connectivity index (χ0v) is 8.95. The zero-order valence-electron chi connectivity index (χ0n) is 8.20. The van der Waals surface area contributed by atoms with Gasteiger partial charge in [-0.3, -0.25) is 4.79 Å². The highest BCUT2D eigenvalue weighted by atomic mass is 35.5. The number of carbonyl (C=O) groups excluding carboxylic acids is 1. The fourth-order valence-electron chi connectivity index (χ4n) is 1.20. The number of amides is 1. The average molecular weight is 237 g/mol. The second-order valence-electron chi connectivity index (χ2n) is 3.16. The van der Waals surface area contributed by atoms with E-state index in [2.05, 4.69) is 15.3 Å². The SMILES string of the molecule is Nc1c[nH]c(C(=O)Nc2cc(Cl)ccn2)c1. The Kier molecular flexibility index (Phi) is 2.78. The smallest absolute Gasteiger partial charge is 0.273 e. The molecule has 0 bridgehead atoms. The number of nitrogen functional groups attached to an aromatic ring is 1. The van der Waals surface area contributed by atoms with Gasteiger partial charge in [0.1, 0.15) is 11.5 Å². The molecule has 82 valence electrons. The van der Waals surface area contributed by atoms with Gasteiger partial charge in [-0.1, -0.05) is 11.6 Å². The van der Waals surface area contributed by atoms with Crippen LogP contribution in [0, 0.1) is 0 Å². The third kappa shape index (κ3) is 2.32. The second kappa shape index (κ2) is 4.24. The Labute approximate surface area is 96.6 Å². The van der Waals surface area contributed by atoms with Crippen molar-refractivity contribution in [2.24, 2.45) is 0 Å². The summed E-state index contributed by atoms with van der Waals surface area (Å²) in [5.41, 5.74) is 6.36. The van der Waals surface area contributed by atoms with Crippen molar-refractivity contribution in [1.82, 2.24) is 9.97 Å². The normalized spacial score (nSPS) is 10.1. The van der Waals surface area contributed by atoms with Gasteiger partial charge in [0, 0.05) is 23.1 Å². The largest absolute Gasteiger partial charge is 0.397 e. The topological polar surface area (TPSA) is 83.8 Å². The van der Waals surface area contributed by atoms with Crippen molar-refractivity contribution in [3.05, 3.63) is 41.3 Å². The highest BCUT2D eigenvalue weighted by molar-refractivity contribution is 6.30. The number of anilines is 2. The first-order chi connectivity index (χ1) is 7.65. The number of nitrogens with one attached hydrogen (secondary N) is 2. The molecular formula is C10H9ClN4O. The molecule has 0 aromatic carbocycles. The summed E-state index contributed by atoms with van der Waals surface area (Å²) < 4.78 is 0. The van der Waals surface area contributed by atoms with Gasteiger partial charge in [-0.2, -0.15) is 0 Å². The van der Waals surface area contributed by atoms with E-state index in [1.807, 2.05) is 0 Å². The number of pyridine rings is 1. The van der Waals surface area contributed by atoms with Gasteiger partial charge in [-0.15, -0.1) is 0 Å². The van der Waals surface area contributed by atoms with Gasteiger partial charge in [0.2, 0.25) is 0 Å². The second-order valence-corrected chi connectivity index (χ2v) is 3.60. The molecule has 0 saturated carbocycles. The van der Waals surface area contributed by atoms with E-state index in [0.717, 1.165) is 0 Å². The fraction of sp³-hybridized carbons (Fsp3) is 0. The maximum atomic E-state index is 11.7. The number of aromatic nitrogens is 2. The summed E-state index contributed by atoms with van der Waals surface area (Å²) in [6.07, 6.45) is 3.06. The molecule has 2 aromatic rings. The molecule has 0 atom stereocenters. The number of hydrogen-bond donors (Lipinski definition) is 3. The third-order valence-electron chi connectivity index (χ3n) is 1.91. The first-order valence-electron chi connectivity index (χ1n) is 4.52. The van der Waals surface area contributed by atoms with Crippen LogP contribution in [-0.4, -0.2) is 15.9 Å². The number of rotatable bonds is 2. The Morgan fingerprint density at radius 1 is 1.50 bits per heavy atom. The highest BCUT2D eigenvalue weighted by Gasteiger charge is 2.08. The number of nitrogens with two attached hydrogens (primary N) is 1. The van der Waals surface area contributed by atoms with Crippen molar-refractivity contribution in [1.29, 1.82) is 0 Å². The Morgan fingerprint density at radius 3 is 2.94 bits per heavy atom. The molecule has 6 heteroatoms. The van der Waals surface area contributed by atoms with Crippen molar-refractivity contribution >= 4 is 29.0 Å². The molecule has 2 aromatic heterocycles. The molecule has 1 amide bonds. The van der Waals surface area contributed by atoms with Crippen molar-refractivity contribution in [3.8, 4) is 0 Å². The Hall–Kier alpha value is -2.01. The molecule has 2 rings (SSSR count). The molecule has 16 heavy (non-hydrogen) atoms. The van der Waals surface area contributed by atoms with Crippen LogP contribution in [0.25, 0.3) is 0 Å². The molecule has 2 heterocycles. The summed E-state index contributed by atoms with van der Waals surface area (Å²) in [4.78, 5) is 18.4. The standard InChI is InChI=1S/C10H9ClN4O/c11-6-1-2-13-9(3-6)15-10(16)8-4-7(12)5-14-8/h1-5,14H,12H2,(H,13,15,16). The monoisotopic (exact) mass is 236 g/mol. The number of hydrogen-bond acceptors (Lipinski definition) is 3. The van der Waals surface area contributed by atoms with Crippen molar-refractivity contribution < 1.29 is 4.79 Å². The molecular weight excluding hydrogens is 228 g/mol. The minimum absolute atomic E-state index is 0.313. The van der Waals surface area contributed by atoms with E-state index in [9.17, 15) is 4.79 Å². The van der Waals surface area contributed by atoms with E-state index in [4.69, 9.17) is 17.3 Å². The predicted octanol–water partition coefficient (Wildman–Crippen LogP) is 1.90. The summed E-state index contributed by atoms with van der Waals surface area (Å²) >= 11 is 5.76. The van der Waals surface area contributed by atoms with E-state index >= 15 is 0 Å². The number of carbonyl (C=O) groups is 1. The highest BCUT2D eigenvalue weighted by Crippen LogP contribution is 2.13. The van der Waals surface area contributed by atoms with Gasteiger partial charge in [-0.05, 0) is 18.2 Å². The van der Waals surface area contributed by atoms with Crippen LogP contribution in [0.3, 0.4) is 0 Å². The van der Waals surface area contributed by atoms with E-state index < -0.39 is 0 Å². The summed E-state index contributed by atoms with van der Waals surface area (Å²) in [5, 5.41) is 3.10. The molecule has 0 aliphatic carbocycles. The first kappa shape index (κ1) is 10.5. The lowest BCUT2D eigenvalue weighted by atomic mass is 10.4. The van der Waals surface area contributed by atoms with Crippen molar-refractivity contribution in [2.45, 2.75) is 0 Å². The maximum Gasteiger partial charge on any atom is 0.273 e. The molecule has 5 nitrogen and oxygen atoms in total. The molecule has 4 N–H and O–H groups in total. The van der Waals surface area contributed by atoms with Crippen molar-refractivity contribution in [2.75, 3.05) is 11.1 Å². The summed E-state index contributed by atoms with van der Waals surface area (Å²) in [6.45, 7) is 0. The van der Waals surface area contributed by atoms with Gasteiger partial charge < -0.3 is 16.0 Å². The Balaban J connectivity index is 2.13. The van der Waals surface area contributed by atoms with Crippen LogP contribution in [-0.2, 0) is 0 Å². The van der Waals surface area contributed by atoms with Gasteiger partial charge in [0.05, 0.1) is 0 Å². The first-order valence-corrected chi connectivity index (χ1v) is 4.90. The van der Waals surface area contributed by atoms with Crippen LogP contribution in [0.1, 0.15) is 10.5 Å². The summed E-state index contributed by atoms with van der Waals surface area (Å²) in [6, 6.07) is 4.73. The lowest BCUT2D eigenvalue weighted by molar-refractivity contribution is 0.102. The molecule has 0 saturated heterocycles. The average Bonchev–Trinajstić information content (AvgIpc) is 2.65. The quantitative estimate of drug-likeness (QED) is 0.745. The van der Waals surface area contributed by atoms with E-state index in [-0.39, 0.29) is 5.91 Å². The van der Waals surface area contributed by atoms with Gasteiger partial charge >= 0.3 is 0 Å². The Bertz CT molecular complexity index is 523. The van der Waals surface area contributed by atoms with Crippen LogP contribution < -0.4 is 11.1 Å². The minimum Gasteiger partial charge on any atom is -0.397 e. The summed E-state index contributed by atoms with van der Waals surface area (Å²) in [7, 11) is 0. The number of nitrogens with zero attached hydrogens (tertiary/aromatic N) is 1. The number of H-pyrrole nitrogens is 1. The van der Waals surface area contributed by atoms with Crippen LogP contribution >= 0.6 is 11.6 Å². The minimum atomic E-state index is -0.313. The third-order valence-corrected chi connectivity index (χ3v) is 2.15. The zero-order chi connectivity index (χ0) is 11.5. The predicted molar refractivity (Wildman–Crippen MR) is 62.4 cm³/mol. The molecule has 0 spiro atoms. The maximum absolute atomic E-state index is 11.7. The van der Waals surface area contributed by atoms with Gasteiger partial charge in [0.15, 0.2) is 0 Å². The lowest BCUT2D eigenvalue weighted by Gasteiger charge is -2.02. The van der Waals surface area contributed by atoms with Crippen LogP contribution in [0.4, 0.5) is 11.5 Å². The van der Waals surface area contributed by atoms with E-state index in [0.29, 0.717) is 22.2 Å². The van der Waals surface area contributed by atoms with Crippen molar-refractivity contribution in [3.63, 3.8) is 0 Å². The van der Waals surface area contributed by atoms with Crippen LogP contribution in [0.15, 0.2) is 30.6 Å². The molecule has 0 aliphatic rings. The number of aromatic amines is 1. The molecule has 0 radical (unpaired) electrons.